The molecule has 1 fully saturated rings. The third-order valence-corrected chi connectivity index (χ3v) is 3.87. The zero-order valence-corrected chi connectivity index (χ0v) is 12.4. The maximum atomic E-state index is 12.1. The minimum atomic E-state index is -0.629. The molecule has 5 nitrogen and oxygen atoms in total. The molecule has 0 aromatic heterocycles. The van der Waals surface area contributed by atoms with E-state index in [-0.39, 0.29) is 11.7 Å². The molecule has 0 aliphatic heterocycles. The van der Waals surface area contributed by atoms with Crippen molar-refractivity contribution in [3.63, 3.8) is 0 Å². The summed E-state index contributed by atoms with van der Waals surface area (Å²) in [5.41, 5.74) is 0.768. The molecule has 1 saturated carbocycles. The number of esters is 1. The van der Waals surface area contributed by atoms with Gasteiger partial charge in [0.15, 0.2) is 0 Å². The number of hydrogen-bond donors (Lipinski definition) is 1. The Balaban J connectivity index is 2.15. The fourth-order valence-corrected chi connectivity index (χ4v) is 2.68. The van der Waals surface area contributed by atoms with Gasteiger partial charge in [0.25, 0.3) is 0 Å². The van der Waals surface area contributed by atoms with Crippen molar-refractivity contribution in [1.82, 2.24) is 0 Å². The molecule has 0 radical (unpaired) electrons. The second-order valence-corrected chi connectivity index (χ2v) is 5.19. The van der Waals surface area contributed by atoms with Crippen LogP contribution in [-0.2, 0) is 14.3 Å². The van der Waals surface area contributed by atoms with Gasteiger partial charge in [-0.3, -0.25) is 4.79 Å². The zero-order valence-electron chi connectivity index (χ0n) is 12.4. The number of ether oxygens (including phenoxy) is 2. The predicted octanol–water partition coefficient (Wildman–Crippen LogP) is 2.41. The monoisotopic (exact) mass is 291 g/mol. The lowest BCUT2D eigenvalue weighted by atomic mass is 9.82. The molecule has 1 aromatic carbocycles. The van der Waals surface area contributed by atoms with Gasteiger partial charge in [-0.1, -0.05) is 6.42 Å². The highest BCUT2D eigenvalue weighted by Gasteiger charge is 2.35. The van der Waals surface area contributed by atoms with Crippen molar-refractivity contribution in [2.24, 2.45) is 5.92 Å². The van der Waals surface area contributed by atoms with E-state index in [2.05, 4.69) is 5.32 Å². The van der Waals surface area contributed by atoms with Gasteiger partial charge >= 0.3 is 5.97 Å². The lowest BCUT2D eigenvalue weighted by molar-refractivity contribution is -0.145. The molecule has 5 heteroatoms. The third-order valence-electron chi connectivity index (χ3n) is 3.87. The normalized spacial score (nSPS) is 19.7. The van der Waals surface area contributed by atoms with E-state index < -0.39 is 12.0 Å². The number of rotatable bonds is 5. The topological polar surface area (TPSA) is 64.6 Å². The van der Waals surface area contributed by atoms with E-state index in [1.807, 2.05) is 12.1 Å². The number of benzene rings is 1. The van der Waals surface area contributed by atoms with Crippen molar-refractivity contribution in [2.45, 2.75) is 31.7 Å². The SMILES string of the molecule is COC(=O)C(Nc1ccc(OC)cc1)C1CCCCC1=O. The van der Waals surface area contributed by atoms with Crippen LogP contribution in [-0.4, -0.2) is 32.0 Å². The Kier molecular flexibility index (Phi) is 5.20. The van der Waals surface area contributed by atoms with Gasteiger partial charge in [-0.05, 0) is 37.1 Å². The fraction of sp³-hybridized carbons (Fsp3) is 0.500. The molecular weight excluding hydrogens is 270 g/mol. The van der Waals surface area contributed by atoms with Gasteiger partial charge in [-0.2, -0.15) is 0 Å². The van der Waals surface area contributed by atoms with E-state index >= 15 is 0 Å². The maximum absolute atomic E-state index is 12.1. The fourth-order valence-electron chi connectivity index (χ4n) is 2.68. The Morgan fingerprint density at radius 2 is 1.95 bits per heavy atom. The summed E-state index contributed by atoms with van der Waals surface area (Å²) >= 11 is 0. The van der Waals surface area contributed by atoms with E-state index in [0.29, 0.717) is 6.42 Å². The molecule has 0 amide bonds. The second-order valence-electron chi connectivity index (χ2n) is 5.19. The van der Waals surface area contributed by atoms with E-state index in [1.54, 1.807) is 19.2 Å². The maximum Gasteiger partial charge on any atom is 0.329 e. The number of carbonyl (C=O) groups excluding carboxylic acids is 2. The van der Waals surface area contributed by atoms with Crippen LogP contribution in [0.25, 0.3) is 0 Å². The predicted molar refractivity (Wildman–Crippen MR) is 79.4 cm³/mol. The Morgan fingerprint density at radius 1 is 1.24 bits per heavy atom. The second kappa shape index (κ2) is 7.11. The van der Waals surface area contributed by atoms with E-state index in [1.165, 1.54) is 7.11 Å². The van der Waals surface area contributed by atoms with Crippen molar-refractivity contribution in [3.8, 4) is 5.75 Å². The Hall–Kier alpha value is -2.04. The summed E-state index contributed by atoms with van der Waals surface area (Å²) < 4.78 is 9.96. The molecule has 1 aliphatic rings. The number of methoxy groups -OCH3 is 2. The summed E-state index contributed by atoms with van der Waals surface area (Å²) in [5, 5.41) is 3.13. The third kappa shape index (κ3) is 3.74. The Labute approximate surface area is 124 Å². The first-order valence-electron chi connectivity index (χ1n) is 7.17. The van der Waals surface area contributed by atoms with Crippen LogP contribution in [0.4, 0.5) is 5.69 Å². The molecular formula is C16H21NO4. The van der Waals surface area contributed by atoms with Gasteiger partial charge in [-0.25, -0.2) is 4.79 Å². The highest BCUT2D eigenvalue weighted by atomic mass is 16.5. The highest BCUT2D eigenvalue weighted by molar-refractivity contribution is 5.91. The van der Waals surface area contributed by atoms with E-state index in [9.17, 15) is 9.59 Å². The summed E-state index contributed by atoms with van der Waals surface area (Å²) in [5.74, 6) is 0.168. The van der Waals surface area contributed by atoms with Crippen LogP contribution in [0, 0.1) is 5.92 Å². The van der Waals surface area contributed by atoms with Crippen molar-refractivity contribution >= 4 is 17.4 Å². The Morgan fingerprint density at radius 3 is 2.52 bits per heavy atom. The first-order valence-corrected chi connectivity index (χ1v) is 7.17. The minimum Gasteiger partial charge on any atom is -0.497 e. The molecule has 2 unspecified atom stereocenters. The molecule has 2 rings (SSSR count). The smallest absolute Gasteiger partial charge is 0.329 e. The average Bonchev–Trinajstić information content (AvgIpc) is 2.53. The van der Waals surface area contributed by atoms with Crippen LogP contribution in [0.15, 0.2) is 24.3 Å². The summed E-state index contributed by atoms with van der Waals surface area (Å²) in [6, 6.07) is 6.62. The molecule has 0 bridgehead atoms. The molecule has 0 spiro atoms. The van der Waals surface area contributed by atoms with Gasteiger partial charge < -0.3 is 14.8 Å². The standard InChI is InChI=1S/C16H21NO4/c1-20-12-9-7-11(8-10-12)17-15(16(19)21-2)13-5-3-4-6-14(13)18/h7-10,13,15,17H,3-6H2,1-2H3. The highest BCUT2D eigenvalue weighted by Crippen LogP contribution is 2.27. The molecule has 2 atom stereocenters. The van der Waals surface area contributed by atoms with Gasteiger partial charge in [0.2, 0.25) is 0 Å². The van der Waals surface area contributed by atoms with Crippen LogP contribution in [0.1, 0.15) is 25.7 Å². The first-order chi connectivity index (χ1) is 10.2. The van der Waals surface area contributed by atoms with Crippen LogP contribution in [0.3, 0.4) is 0 Å². The lowest BCUT2D eigenvalue weighted by Gasteiger charge is -2.28. The number of ketones is 1. The minimum absolute atomic E-state index is 0.137. The number of Topliss-reactive ketones (excluding diaryl/α,β-unsaturated/α-hetero) is 1. The van der Waals surface area contributed by atoms with Crippen molar-refractivity contribution < 1.29 is 19.1 Å². The quantitative estimate of drug-likeness (QED) is 0.844. The molecule has 1 N–H and O–H groups in total. The van der Waals surface area contributed by atoms with Crippen LogP contribution in [0.2, 0.25) is 0 Å². The van der Waals surface area contributed by atoms with Crippen LogP contribution < -0.4 is 10.1 Å². The molecule has 114 valence electrons. The van der Waals surface area contributed by atoms with Gasteiger partial charge in [0.05, 0.1) is 14.2 Å². The first kappa shape index (κ1) is 15.4. The number of nitrogens with one attached hydrogen (secondary N) is 1. The largest absolute Gasteiger partial charge is 0.497 e. The molecule has 0 heterocycles. The molecule has 0 saturated heterocycles. The number of anilines is 1. The summed E-state index contributed by atoms with van der Waals surface area (Å²) in [6.07, 6.45) is 3.14. The molecule has 1 aliphatic carbocycles. The summed E-state index contributed by atoms with van der Waals surface area (Å²) in [7, 11) is 2.94. The van der Waals surface area contributed by atoms with Gasteiger partial charge in [-0.15, -0.1) is 0 Å². The Bertz CT molecular complexity index is 498. The molecule has 21 heavy (non-hydrogen) atoms. The van der Waals surface area contributed by atoms with Crippen LogP contribution >= 0.6 is 0 Å². The van der Waals surface area contributed by atoms with Gasteiger partial charge in [0, 0.05) is 18.0 Å². The van der Waals surface area contributed by atoms with Crippen molar-refractivity contribution in [1.29, 1.82) is 0 Å². The van der Waals surface area contributed by atoms with Crippen LogP contribution in [0.5, 0.6) is 5.75 Å². The zero-order chi connectivity index (χ0) is 15.2. The summed E-state index contributed by atoms with van der Waals surface area (Å²) in [6.45, 7) is 0. The van der Waals surface area contributed by atoms with E-state index in [4.69, 9.17) is 9.47 Å². The van der Waals surface area contributed by atoms with Crippen molar-refractivity contribution in [2.75, 3.05) is 19.5 Å². The number of hydrogen-bond acceptors (Lipinski definition) is 5. The average molecular weight is 291 g/mol. The van der Waals surface area contributed by atoms with Crippen molar-refractivity contribution in [3.05, 3.63) is 24.3 Å². The lowest BCUT2D eigenvalue weighted by Crippen LogP contribution is -2.43. The molecule has 1 aromatic rings. The van der Waals surface area contributed by atoms with E-state index in [0.717, 1.165) is 30.7 Å². The summed E-state index contributed by atoms with van der Waals surface area (Å²) in [4.78, 5) is 24.1. The van der Waals surface area contributed by atoms with Gasteiger partial charge in [0.1, 0.15) is 17.6 Å². The number of carbonyl (C=O) groups is 2.